The number of pyridine rings is 3. The molecule has 0 fully saturated rings. The molecule has 0 aliphatic heterocycles. The van der Waals surface area contributed by atoms with Gasteiger partial charge in [0.05, 0.1) is 17.3 Å². The minimum absolute atomic E-state index is 0.109. The van der Waals surface area contributed by atoms with Gasteiger partial charge in [-0.25, -0.2) is 18.6 Å². The topological polar surface area (TPSA) is 85.1 Å². The summed E-state index contributed by atoms with van der Waals surface area (Å²) in [6.07, 6.45) is 3.09. The number of nitrogens with zero attached hydrogens (tertiary/aromatic N) is 3. The third-order valence-electron chi connectivity index (χ3n) is 3.13. The molecule has 1 N–H and O–H groups in total. The second kappa shape index (κ2) is 5.40. The van der Waals surface area contributed by atoms with Gasteiger partial charge >= 0.3 is 5.97 Å². The van der Waals surface area contributed by atoms with Crippen LogP contribution < -0.4 is 5.43 Å². The molecule has 116 valence electrons. The van der Waals surface area contributed by atoms with Gasteiger partial charge in [-0.2, -0.15) is 0 Å². The first-order valence-electron chi connectivity index (χ1n) is 6.14. The maximum Gasteiger partial charge on any atom is 0.341 e. The summed E-state index contributed by atoms with van der Waals surface area (Å²) >= 11 is 5.62. The molecule has 3 heterocycles. The van der Waals surface area contributed by atoms with Gasteiger partial charge in [-0.15, -0.1) is 0 Å². The van der Waals surface area contributed by atoms with Crippen LogP contribution in [0.5, 0.6) is 0 Å². The Hall–Kier alpha value is -2.87. The average Bonchev–Trinajstić information content (AvgIpc) is 2.50. The molecule has 0 radical (unpaired) electrons. The van der Waals surface area contributed by atoms with E-state index in [0.29, 0.717) is 0 Å². The molecule has 0 aliphatic carbocycles. The first-order valence-corrected chi connectivity index (χ1v) is 6.52. The minimum atomic E-state index is -1.53. The lowest BCUT2D eigenvalue weighted by atomic mass is 10.2. The van der Waals surface area contributed by atoms with Gasteiger partial charge in [0.25, 0.3) is 0 Å². The number of fused-ring (bicyclic) bond motifs is 1. The second-order valence-corrected chi connectivity index (χ2v) is 4.86. The fourth-order valence-electron chi connectivity index (χ4n) is 2.10. The molecule has 3 aromatic heterocycles. The third-order valence-corrected chi connectivity index (χ3v) is 3.39. The summed E-state index contributed by atoms with van der Waals surface area (Å²) in [7, 11) is 0. The maximum atomic E-state index is 14.0. The number of aromatic nitrogens is 3. The van der Waals surface area contributed by atoms with E-state index in [2.05, 4.69) is 9.97 Å². The monoisotopic (exact) mass is 337 g/mol. The molecule has 9 heteroatoms. The molecular weight excluding hydrogens is 332 g/mol. The number of hydrogen-bond acceptors (Lipinski definition) is 4. The molecule has 3 rings (SSSR count). The largest absolute Gasteiger partial charge is 0.477 e. The zero-order valence-electron chi connectivity index (χ0n) is 11.1. The molecule has 0 bridgehead atoms. The van der Waals surface area contributed by atoms with Crippen LogP contribution in [-0.4, -0.2) is 25.6 Å². The van der Waals surface area contributed by atoms with Crippen LogP contribution in [0.2, 0.25) is 5.15 Å². The van der Waals surface area contributed by atoms with Crippen molar-refractivity contribution in [1.82, 2.24) is 14.5 Å². The number of aromatic carboxylic acids is 1. The Morgan fingerprint density at radius 2 is 2.04 bits per heavy atom. The van der Waals surface area contributed by atoms with Crippen molar-refractivity contribution in [3.63, 3.8) is 0 Å². The van der Waals surface area contributed by atoms with Gasteiger partial charge in [0.2, 0.25) is 5.43 Å². The number of hydrogen-bond donors (Lipinski definition) is 1. The molecule has 6 nitrogen and oxygen atoms in total. The number of carbonyl (C=O) groups is 1. The maximum absolute atomic E-state index is 14.0. The Labute approximate surface area is 131 Å². The van der Waals surface area contributed by atoms with Gasteiger partial charge in [-0.05, 0) is 12.1 Å². The number of rotatable bonds is 2. The van der Waals surface area contributed by atoms with Crippen molar-refractivity contribution in [3.8, 4) is 5.69 Å². The standard InChI is InChI=1S/C14H6ClF2N3O3/c15-12-8(16)3-6-11(21)7(14(22)23)5-20(13(6)19-12)10-1-2-18-4-9(10)17/h1-5H,(H,22,23). The summed E-state index contributed by atoms with van der Waals surface area (Å²) in [5.41, 5.74) is -1.88. The Bertz CT molecular complexity index is 1020. The fraction of sp³-hybridized carbons (Fsp3) is 0. The van der Waals surface area contributed by atoms with E-state index in [-0.39, 0.29) is 16.7 Å². The van der Waals surface area contributed by atoms with Crippen molar-refractivity contribution in [1.29, 1.82) is 0 Å². The molecule has 0 unspecified atom stereocenters. The highest BCUT2D eigenvalue weighted by Gasteiger charge is 2.19. The lowest BCUT2D eigenvalue weighted by Gasteiger charge is -2.12. The van der Waals surface area contributed by atoms with Crippen molar-refractivity contribution in [2.75, 3.05) is 0 Å². The smallest absolute Gasteiger partial charge is 0.341 e. The van der Waals surface area contributed by atoms with E-state index in [1.54, 1.807) is 0 Å². The fourth-order valence-corrected chi connectivity index (χ4v) is 2.24. The molecular formula is C14H6ClF2N3O3. The zero-order chi connectivity index (χ0) is 16.7. The van der Waals surface area contributed by atoms with Gasteiger partial charge in [-0.1, -0.05) is 11.6 Å². The predicted molar refractivity (Wildman–Crippen MR) is 77.0 cm³/mol. The lowest BCUT2D eigenvalue weighted by molar-refractivity contribution is 0.0695. The number of carboxylic acid groups (broad SMARTS) is 1. The first kappa shape index (κ1) is 15.0. The Balaban J connectivity index is 2.53. The number of carboxylic acids is 1. The van der Waals surface area contributed by atoms with Crippen LogP contribution in [0.3, 0.4) is 0 Å². The normalized spacial score (nSPS) is 10.9. The summed E-state index contributed by atoms with van der Waals surface area (Å²) in [4.78, 5) is 30.7. The summed E-state index contributed by atoms with van der Waals surface area (Å²) in [5.74, 6) is -3.30. The third kappa shape index (κ3) is 2.42. The molecule has 0 atom stereocenters. The van der Waals surface area contributed by atoms with Gasteiger partial charge < -0.3 is 5.11 Å². The number of halogens is 3. The molecule has 0 saturated carbocycles. The molecule has 0 aliphatic rings. The highest BCUT2D eigenvalue weighted by Crippen LogP contribution is 2.22. The molecule has 0 spiro atoms. The van der Waals surface area contributed by atoms with E-state index in [0.717, 1.165) is 23.0 Å². The Morgan fingerprint density at radius 3 is 2.70 bits per heavy atom. The lowest BCUT2D eigenvalue weighted by Crippen LogP contribution is -2.19. The van der Waals surface area contributed by atoms with Crippen molar-refractivity contribution in [2.24, 2.45) is 0 Å². The van der Waals surface area contributed by atoms with Crippen LogP contribution >= 0.6 is 11.6 Å². The Morgan fingerprint density at radius 1 is 1.30 bits per heavy atom. The van der Waals surface area contributed by atoms with E-state index in [1.165, 1.54) is 12.3 Å². The highest BCUT2D eigenvalue weighted by molar-refractivity contribution is 6.29. The molecule has 23 heavy (non-hydrogen) atoms. The van der Waals surface area contributed by atoms with Crippen molar-refractivity contribution >= 4 is 28.6 Å². The van der Waals surface area contributed by atoms with Crippen molar-refractivity contribution in [3.05, 3.63) is 63.3 Å². The highest BCUT2D eigenvalue weighted by atomic mass is 35.5. The van der Waals surface area contributed by atoms with E-state index in [1.807, 2.05) is 0 Å². The Kier molecular flexibility index (Phi) is 3.53. The van der Waals surface area contributed by atoms with Crippen LogP contribution in [0, 0.1) is 11.6 Å². The summed E-state index contributed by atoms with van der Waals surface area (Å²) < 4.78 is 28.6. The van der Waals surface area contributed by atoms with Crippen LogP contribution in [0.1, 0.15) is 10.4 Å². The second-order valence-electron chi connectivity index (χ2n) is 4.51. The SMILES string of the molecule is O=C(O)c1cn(-c2ccncc2F)c2nc(Cl)c(F)cc2c1=O. The van der Waals surface area contributed by atoms with E-state index >= 15 is 0 Å². The summed E-state index contributed by atoms with van der Waals surface area (Å²) in [5, 5.41) is 8.27. The van der Waals surface area contributed by atoms with Crippen LogP contribution in [-0.2, 0) is 0 Å². The van der Waals surface area contributed by atoms with E-state index < -0.39 is 33.7 Å². The van der Waals surface area contributed by atoms with Crippen molar-refractivity contribution in [2.45, 2.75) is 0 Å². The van der Waals surface area contributed by atoms with Gasteiger partial charge in [0.1, 0.15) is 5.56 Å². The molecule has 0 amide bonds. The van der Waals surface area contributed by atoms with Crippen LogP contribution in [0.15, 0.2) is 35.5 Å². The van der Waals surface area contributed by atoms with Gasteiger partial charge in [-0.3, -0.25) is 14.3 Å². The zero-order valence-corrected chi connectivity index (χ0v) is 11.9. The quantitative estimate of drug-likeness (QED) is 0.726. The van der Waals surface area contributed by atoms with E-state index in [4.69, 9.17) is 16.7 Å². The summed E-state index contributed by atoms with van der Waals surface area (Å²) in [6, 6.07) is 2.03. The van der Waals surface area contributed by atoms with Crippen molar-refractivity contribution < 1.29 is 18.7 Å². The molecule has 0 aromatic carbocycles. The van der Waals surface area contributed by atoms with Crippen LogP contribution in [0.25, 0.3) is 16.7 Å². The first-order chi connectivity index (χ1) is 10.9. The minimum Gasteiger partial charge on any atom is -0.477 e. The van der Waals surface area contributed by atoms with Crippen LogP contribution in [0.4, 0.5) is 8.78 Å². The van der Waals surface area contributed by atoms with Gasteiger partial charge in [0.15, 0.2) is 22.4 Å². The average molecular weight is 338 g/mol. The molecule has 3 aromatic rings. The predicted octanol–water partition coefficient (Wildman–Crippen LogP) is 2.41. The summed E-state index contributed by atoms with van der Waals surface area (Å²) in [6.45, 7) is 0. The molecule has 0 saturated heterocycles. The van der Waals surface area contributed by atoms with Gasteiger partial charge in [0, 0.05) is 12.4 Å². The van der Waals surface area contributed by atoms with E-state index in [9.17, 15) is 18.4 Å².